The molecule has 2 rings (SSSR count). The van der Waals surface area contributed by atoms with E-state index in [1.54, 1.807) is 13.8 Å². The summed E-state index contributed by atoms with van der Waals surface area (Å²) in [5, 5.41) is 0.0342. The standard InChI is InChI=1S/C18H19ClFNO4S/c1-3-21(4-2)26(23,24)17-11-14(7-10-16(17)19)18(22)25-12-13-5-8-15(20)9-6-13/h5-11H,3-4,12H2,1-2H3. The van der Waals surface area contributed by atoms with Crippen LogP contribution in [0.1, 0.15) is 29.8 Å². The summed E-state index contributed by atoms with van der Waals surface area (Å²) in [5.41, 5.74) is 0.687. The SMILES string of the molecule is CCN(CC)S(=O)(=O)c1cc(C(=O)OCc2ccc(F)cc2)ccc1Cl. The van der Waals surface area contributed by atoms with Crippen LogP contribution in [0, 0.1) is 5.82 Å². The maximum atomic E-state index is 12.9. The summed E-state index contributed by atoms with van der Waals surface area (Å²) in [6, 6.07) is 9.49. The highest BCUT2D eigenvalue weighted by molar-refractivity contribution is 7.89. The Balaban J connectivity index is 2.22. The molecule has 0 fully saturated rings. The van der Waals surface area contributed by atoms with E-state index in [0.29, 0.717) is 5.56 Å². The van der Waals surface area contributed by atoms with Crippen molar-refractivity contribution in [2.75, 3.05) is 13.1 Å². The van der Waals surface area contributed by atoms with Gasteiger partial charge >= 0.3 is 5.97 Å². The minimum absolute atomic E-state index is 0.0342. The molecule has 0 bridgehead atoms. The Morgan fingerprint density at radius 1 is 1.12 bits per heavy atom. The Morgan fingerprint density at radius 3 is 2.31 bits per heavy atom. The van der Waals surface area contributed by atoms with Gasteiger partial charge in [-0.05, 0) is 35.9 Å². The summed E-state index contributed by atoms with van der Waals surface area (Å²) in [7, 11) is -3.81. The van der Waals surface area contributed by atoms with E-state index in [4.69, 9.17) is 16.3 Å². The molecule has 5 nitrogen and oxygen atoms in total. The zero-order valence-electron chi connectivity index (χ0n) is 14.4. The van der Waals surface area contributed by atoms with Crippen molar-refractivity contribution in [2.24, 2.45) is 0 Å². The second-order valence-electron chi connectivity index (χ2n) is 5.44. The lowest BCUT2D eigenvalue weighted by molar-refractivity contribution is 0.0472. The number of nitrogens with zero attached hydrogens (tertiary/aromatic N) is 1. The molecule has 0 amide bonds. The van der Waals surface area contributed by atoms with Crippen LogP contribution in [0.4, 0.5) is 4.39 Å². The number of benzene rings is 2. The minimum Gasteiger partial charge on any atom is -0.457 e. The van der Waals surface area contributed by atoms with E-state index < -0.39 is 16.0 Å². The number of carbonyl (C=O) groups is 1. The molecule has 0 heterocycles. The van der Waals surface area contributed by atoms with Gasteiger partial charge in [-0.2, -0.15) is 4.31 Å². The van der Waals surface area contributed by atoms with Crippen molar-refractivity contribution in [1.29, 1.82) is 0 Å². The van der Waals surface area contributed by atoms with E-state index in [-0.39, 0.29) is 41.0 Å². The molecule has 0 N–H and O–H groups in total. The first-order valence-electron chi connectivity index (χ1n) is 8.00. The van der Waals surface area contributed by atoms with Gasteiger partial charge in [-0.25, -0.2) is 17.6 Å². The normalized spacial score (nSPS) is 11.6. The number of halogens is 2. The van der Waals surface area contributed by atoms with Crippen molar-refractivity contribution in [3.8, 4) is 0 Å². The second-order valence-corrected chi connectivity index (χ2v) is 7.75. The van der Waals surface area contributed by atoms with Gasteiger partial charge in [-0.15, -0.1) is 0 Å². The molecule has 0 aromatic heterocycles. The van der Waals surface area contributed by atoms with Gasteiger partial charge in [-0.3, -0.25) is 0 Å². The minimum atomic E-state index is -3.81. The van der Waals surface area contributed by atoms with Crippen LogP contribution in [-0.4, -0.2) is 31.8 Å². The maximum Gasteiger partial charge on any atom is 0.338 e. The van der Waals surface area contributed by atoms with Gasteiger partial charge in [0, 0.05) is 13.1 Å². The molecule has 2 aromatic carbocycles. The van der Waals surface area contributed by atoms with Gasteiger partial charge < -0.3 is 4.74 Å². The van der Waals surface area contributed by atoms with Crippen LogP contribution in [0.15, 0.2) is 47.4 Å². The molecule has 0 spiro atoms. The van der Waals surface area contributed by atoms with Crippen LogP contribution in [0.2, 0.25) is 5.02 Å². The molecule has 0 unspecified atom stereocenters. The lowest BCUT2D eigenvalue weighted by atomic mass is 10.2. The monoisotopic (exact) mass is 399 g/mol. The summed E-state index contributed by atoms with van der Waals surface area (Å²) in [6.45, 7) is 3.95. The van der Waals surface area contributed by atoms with Crippen LogP contribution in [-0.2, 0) is 21.4 Å². The average molecular weight is 400 g/mol. The Kier molecular flexibility index (Phi) is 6.75. The van der Waals surface area contributed by atoms with Gasteiger partial charge in [0.05, 0.1) is 10.6 Å². The van der Waals surface area contributed by atoms with Crippen molar-refractivity contribution in [2.45, 2.75) is 25.3 Å². The number of hydrogen-bond donors (Lipinski definition) is 0. The first kappa shape index (κ1) is 20.4. The van der Waals surface area contributed by atoms with Crippen molar-refractivity contribution >= 4 is 27.6 Å². The Morgan fingerprint density at radius 2 is 1.73 bits per heavy atom. The van der Waals surface area contributed by atoms with Gasteiger partial charge in [-0.1, -0.05) is 37.6 Å². The Hall–Kier alpha value is -1.96. The van der Waals surface area contributed by atoms with Crippen molar-refractivity contribution in [3.05, 3.63) is 64.4 Å². The summed E-state index contributed by atoms with van der Waals surface area (Å²) in [6.07, 6.45) is 0. The molecular formula is C18H19ClFNO4S. The topological polar surface area (TPSA) is 63.7 Å². The largest absolute Gasteiger partial charge is 0.457 e. The van der Waals surface area contributed by atoms with Crippen LogP contribution < -0.4 is 0 Å². The first-order valence-corrected chi connectivity index (χ1v) is 9.82. The molecule has 0 aliphatic rings. The third kappa shape index (κ3) is 4.60. The first-order chi connectivity index (χ1) is 12.3. The van der Waals surface area contributed by atoms with Gasteiger partial charge in [0.25, 0.3) is 0 Å². The number of hydrogen-bond acceptors (Lipinski definition) is 4. The van der Waals surface area contributed by atoms with E-state index in [9.17, 15) is 17.6 Å². The lowest BCUT2D eigenvalue weighted by Crippen LogP contribution is -2.31. The highest BCUT2D eigenvalue weighted by Crippen LogP contribution is 2.26. The molecule has 8 heteroatoms. The Bertz CT molecular complexity index is 881. The van der Waals surface area contributed by atoms with Gasteiger partial charge in [0.15, 0.2) is 0 Å². The summed E-state index contributed by atoms with van der Waals surface area (Å²) >= 11 is 6.04. The molecule has 0 radical (unpaired) electrons. The second kappa shape index (κ2) is 8.62. The molecule has 0 saturated carbocycles. The number of carbonyl (C=O) groups excluding carboxylic acids is 1. The molecule has 0 aliphatic carbocycles. The van der Waals surface area contributed by atoms with Gasteiger partial charge in [0.1, 0.15) is 17.3 Å². The van der Waals surface area contributed by atoms with E-state index in [0.717, 1.165) is 0 Å². The fourth-order valence-electron chi connectivity index (χ4n) is 2.34. The van der Waals surface area contributed by atoms with E-state index in [1.165, 1.54) is 46.8 Å². The Labute approximate surface area is 157 Å². The van der Waals surface area contributed by atoms with E-state index in [1.807, 2.05) is 0 Å². The number of sulfonamides is 1. The molecule has 0 saturated heterocycles. The quantitative estimate of drug-likeness (QED) is 0.663. The third-order valence-corrected chi connectivity index (χ3v) is 6.30. The smallest absolute Gasteiger partial charge is 0.338 e. The maximum absolute atomic E-state index is 12.9. The zero-order chi connectivity index (χ0) is 19.3. The van der Waals surface area contributed by atoms with Crippen molar-refractivity contribution in [3.63, 3.8) is 0 Å². The molecule has 0 aliphatic heterocycles. The fraction of sp³-hybridized carbons (Fsp3) is 0.278. The summed E-state index contributed by atoms with van der Waals surface area (Å²) in [4.78, 5) is 12.1. The van der Waals surface area contributed by atoms with Crippen LogP contribution in [0.3, 0.4) is 0 Å². The molecule has 2 aromatic rings. The van der Waals surface area contributed by atoms with Crippen LogP contribution in [0.25, 0.3) is 0 Å². The van der Waals surface area contributed by atoms with Crippen LogP contribution in [0.5, 0.6) is 0 Å². The molecule has 140 valence electrons. The average Bonchev–Trinajstić information content (AvgIpc) is 2.62. The fourth-order valence-corrected chi connectivity index (χ4v) is 4.30. The predicted octanol–water partition coefficient (Wildman–Crippen LogP) is 3.87. The predicted molar refractivity (Wildman–Crippen MR) is 97.1 cm³/mol. The van der Waals surface area contributed by atoms with Crippen molar-refractivity contribution < 1.29 is 22.3 Å². The molecular weight excluding hydrogens is 381 g/mol. The number of esters is 1. The van der Waals surface area contributed by atoms with Crippen LogP contribution >= 0.6 is 11.6 Å². The molecule has 26 heavy (non-hydrogen) atoms. The van der Waals surface area contributed by atoms with Crippen molar-refractivity contribution in [1.82, 2.24) is 4.31 Å². The highest BCUT2D eigenvalue weighted by Gasteiger charge is 2.25. The number of rotatable bonds is 7. The summed E-state index contributed by atoms with van der Waals surface area (Å²) in [5.74, 6) is -1.08. The number of ether oxygens (including phenoxy) is 1. The van der Waals surface area contributed by atoms with E-state index in [2.05, 4.69) is 0 Å². The molecule has 0 atom stereocenters. The lowest BCUT2D eigenvalue weighted by Gasteiger charge is -2.19. The van der Waals surface area contributed by atoms with Gasteiger partial charge in [0.2, 0.25) is 10.0 Å². The highest BCUT2D eigenvalue weighted by atomic mass is 35.5. The van der Waals surface area contributed by atoms with E-state index >= 15 is 0 Å². The summed E-state index contributed by atoms with van der Waals surface area (Å²) < 4.78 is 44.6. The zero-order valence-corrected chi connectivity index (χ0v) is 16.0. The third-order valence-electron chi connectivity index (χ3n) is 3.77.